The lowest BCUT2D eigenvalue weighted by Gasteiger charge is -2.20. The Morgan fingerprint density at radius 2 is 0.289 bits per heavy atom. The minimum atomic E-state index is 0.909. The molecule has 27 aromatic rings. The van der Waals surface area contributed by atoms with Crippen molar-refractivity contribution in [1.29, 1.82) is 0 Å². The molecule has 3 heterocycles. The molecule has 24 aromatic carbocycles. The van der Waals surface area contributed by atoms with Gasteiger partial charge >= 0.3 is 0 Å². The number of hydrogen-bond acceptors (Lipinski definition) is 3. The average Bonchev–Trinajstić information content (AvgIpc) is 1.60. The minimum absolute atomic E-state index is 0.909. The molecule has 0 aliphatic rings. The lowest BCUT2D eigenvalue weighted by atomic mass is 9.83. The predicted octanol–water partition coefficient (Wildman–Crippen LogP) is 37.7. The number of rotatable bonds is 12. The molecule has 0 N–H and O–H groups in total. The van der Waals surface area contributed by atoms with Crippen molar-refractivity contribution in [2.45, 2.75) is 0 Å². The third kappa shape index (κ3) is 14.0. The predicted molar refractivity (Wildman–Crippen MR) is 571 cm³/mol. The Morgan fingerprint density at radius 3 is 0.622 bits per heavy atom. The van der Waals surface area contributed by atoms with Gasteiger partial charge in [-0.15, -0.1) is 0 Å². The van der Waals surface area contributed by atoms with Gasteiger partial charge in [-0.05, 0) is 253 Å². The maximum atomic E-state index is 6.31. The molecule has 0 saturated heterocycles. The van der Waals surface area contributed by atoms with Gasteiger partial charge in [-0.1, -0.05) is 455 Å². The first-order valence-corrected chi connectivity index (χ1v) is 46.3. The fourth-order valence-electron chi connectivity index (χ4n) is 21.4. The summed E-state index contributed by atoms with van der Waals surface area (Å²) in [5.74, 6) is 0. The van der Waals surface area contributed by atoms with Crippen molar-refractivity contribution in [3.63, 3.8) is 0 Å². The van der Waals surface area contributed by atoms with E-state index in [-0.39, 0.29) is 0 Å². The zero-order valence-corrected chi connectivity index (χ0v) is 73.7. The van der Waals surface area contributed by atoms with Crippen LogP contribution in [0, 0.1) is 0 Å². The maximum Gasteiger partial charge on any atom is 0.136 e. The van der Waals surface area contributed by atoms with Crippen LogP contribution in [0.15, 0.2) is 523 Å². The second kappa shape index (κ2) is 33.9. The van der Waals surface area contributed by atoms with Crippen LogP contribution in [-0.4, -0.2) is 0 Å². The number of benzene rings is 24. The first-order chi connectivity index (χ1) is 67.0. The molecule has 0 unspecified atom stereocenters. The molecule has 630 valence electrons. The molecule has 0 saturated carbocycles. The van der Waals surface area contributed by atoms with E-state index < -0.39 is 0 Å². The van der Waals surface area contributed by atoms with Crippen molar-refractivity contribution in [3.8, 4) is 134 Å². The molecular weight excluding hydrogens is 1630 g/mol. The molecule has 0 spiro atoms. The molecule has 3 aromatic heterocycles. The summed E-state index contributed by atoms with van der Waals surface area (Å²) in [6.45, 7) is 0. The van der Waals surface area contributed by atoms with Gasteiger partial charge < -0.3 is 13.3 Å². The smallest absolute Gasteiger partial charge is 0.136 e. The Balaban J connectivity index is 0.000000108. The number of para-hydroxylation sites is 3. The SMILES string of the molecule is c1ccc(-c2ccc(-c3c4ccccc4c(-c4ccccc4-c4cccc5oc6ccccc6c45)c4ccccc34)cc2)cc1.c1ccc(-c2cccc(-c3c4ccccc4c(-c4cccc(-c5cccc6oc7ccccc7c56)c4)c4ccccc34)c2)cc1.c1ccc(-c2cccc(-c3c4ccccc4c(-c4ccccc4-c4cccc5oc6ccccc6c45)c4ccccc34)c2)cc1. The molecular formula is C132H84O3. The van der Waals surface area contributed by atoms with E-state index in [4.69, 9.17) is 13.3 Å². The van der Waals surface area contributed by atoms with Crippen LogP contribution in [0.3, 0.4) is 0 Å². The van der Waals surface area contributed by atoms with Gasteiger partial charge in [-0.2, -0.15) is 0 Å². The largest absolute Gasteiger partial charge is 0.456 e. The third-order valence-corrected chi connectivity index (χ3v) is 27.2. The number of furan rings is 3. The van der Waals surface area contributed by atoms with Gasteiger partial charge in [0.15, 0.2) is 0 Å². The van der Waals surface area contributed by atoms with Crippen LogP contribution in [-0.2, 0) is 0 Å². The quantitative estimate of drug-likeness (QED) is 0.114. The minimum Gasteiger partial charge on any atom is -0.456 e. The summed E-state index contributed by atoms with van der Waals surface area (Å²) in [7, 11) is 0. The highest BCUT2D eigenvalue weighted by molar-refractivity contribution is 6.27. The highest BCUT2D eigenvalue weighted by Gasteiger charge is 2.26. The zero-order valence-electron chi connectivity index (χ0n) is 73.7. The van der Waals surface area contributed by atoms with E-state index in [9.17, 15) is 0 Å². The Labute approximate surface area is 781 Å². The maximum absolute atomic E-state index is 6.31. The number of fused-ring (bicyclic) bond motifs is 15. The zero-order chi connectivity index (χ0) is 89.2. The van der Waals surface area contributed by atoms with Crippen LogP contribution in [0.2, 0.25) is 0 Å². The molecule has 135 heavy (non-hydrogen) atoms. The summed E-state index contributed by atoms with van der Waals surface area (Å²) >= 11 is 0. The van der Waals surface area contributed by atoms with Crippen LogP contribution in [0.4, 0.5) is 0 Å². The van der Waals surface area contributed by atoms with Crippen molar-refractivity contribution < 1.29 is 13.3 Å². The molecule has 0 aliphatic heterocycles. The molecule has 0 fully saturated rings. The highest BCUT2D eigenvalue weighted by atomic mass is 16.3. The first-order valence-electron chi connectivity index (χ1n) is 46.3. The fraction of sp³-hybridized carbons (Fsp3) is 0. The van der Waals surface area contributed by atoms with Crippen molar-refractivity contribution in [2.24, 2.45) is 0 Å². The van der Waals surface area contributed by atoms with Crippen molar-refractivity contribution in [3.05, 3.63) is 510 Å². The molecule has 0 bridgehead atoms. The van der Waals surface area contributed by atoms with E-state index in [1.807, 2.05) is 24.3 Å². The topological polar surface area (TPSA) is 39.4 Å². The summed E-state index contributed by atoms with van der Waals surface area (Å²) in [6, 6.07) is 183. The van der Waals surface area contributed by atoms with Gasteiger partial charge in [-0.25, -0.2) is 0 Å². The van der Waals surface area contributed by atoms with E-state index >= 15 is 0 Å². The second-order valence-electron chi connectivity index (χ2n) is 34.9. The molecule has 27 rings (SSSR count). The van der Waals surface area contributed by atoms with Gasteiger partial charge in [0, 0.05) is 32.3 Å². The molecule has 0 atom stereocenters. The van der Waals surface area contributed by atoms with Gasteiger partial charge in [0.05, 0.1) is 0 Å². The molecule has 3 nitrogen and oxygen atoms in total. The molecule has 0 aliphatic carbocycles. The summed E-state index contributed by atoms with van der Waals surface area (Å²) < 4.78 is 18.8. The average molecular weight is 1720 g/mol. The highest BCUT2D eigenvalue weighted by Crippen LogP contribution is 2.53. The van der Waals surface area contributed by atoms with Gasteiger partial charge in [0.1, 0.15) is 33.5 Å². The van der Waals surface area contributed by atoms with E-state index in [0.29, 0.717) is 0 Å². The van der Waals surface area contributed by atoms with Gasteiger partial charge in [0.2, 0.25) is 0 Å². The summed E-state index contributed by atoms with van der Waals surface area (Å²) in [5, 5.41) is 21.9. The van der Waals surface area contributed by atoms with E-state index in [0.717, 1.165) is 65.8 Å². The van der Waals surface area contributed by atoms with Crippen molar-refractivity contribution in [1.82, 2.24) is 0 Å². The lowest BCUT2D eigenvalue weighted by Crippen LogP contribution is -1.93. The lowest BCUT2D eigenvalue weighted by molar-refractivity contribution is 0.668. The standard InChI is InChI=1S/3C44H28O/c1-2-13-29(14-3-1)30-15-10-17-32(27-30)42-35-19-4-6-21-37(35)43(38-22-7-5-20-36(38)42)33-18-11-16-31(28-33)34-24-12-26-41-44(34)39-23-8-9-25-40(39)45-41;1-2-14-29(15-3-1)30-16-12-17-31(28-30)42-35-20-6-8-22-37(35)43(38-23-9-7-21-36(38)42)33-19-5-4-18-32(33)34-25-13-27-41-44(34)39-24-10-11-26-40(39)45-41;1-2-13-29(14-3-1)30-25-27-31(28-26-30)42-35-17-6-8-19-37(35)43(38-20-9-7-18-36(38)42)33-16-5-4-15-32(33)34-22-12-24-41-44(34)39-21-10-11-23-40(39)45-41/h3*1-28H. The van der Waals surface area contributed by atoms with Crippen molar-refractivity contribution >= 4 is 130 Å². The Bertz CT molecular complexity index is 9110. The van der Waals surface area contributed by atoms with Crippen LogP contribution >= 0.6 is 0 Å². The second-order valence-corrected chi connectivity index (χ2v) is 34.9. The monoisotopic (exact) mass is 1720 g/mol. The molecule has 0 radical (unpaired) electrons. The van der Waals surface area contributed by atoms with E-state index in [1.165, 1.54) is 198 Å². The third-order valence-electron chi connectivity index (χ3n) is 27.2. The summed E-state index contributed by atoms with van der Waals surface area (Å²) in [5.41, 5.74) is 34.8. The number of hydrogen-bond donors (Lipinski definition) is 0. The molecule has 0 amide bonds. The first kappa shape index (κ1) is 79.4. The Kier molecular flexibility index (Phi) is 20.0. The molecule has 3 heteroatoms. The van der Waals surface area contributed by atoms with Crippen LogP contribution in [0.25, 0.3) is 264 Å². The van der Waals surface area contributed by atoms with Crippen LogP contribution in [0.1, 0.15) is 0 Å². The van der Waals surface area contributed by atoms with Crippen molar-refractivity contribution in [2.75, 3.05) is 0 Å². The Hall–Kier alpha value is -17.8. The summed E-state index contributed by atoms with van der Waals surface area (Å²) in [6.07, 6.45) is 0. The fourth-order valence-corrected chi connectivity index (χ4v) is 21.4. The van der Waals surface area contributed by atoms with Gasteiger partial charge in [-0.3, -0.25) is 0 Å². The van der Waals surface area contributed by atoms with Crippen LogP contribution < -0.4 is 0 Å². The van der Waals surface area contributed by atoms with E-state index in [1.54, 1.807) is 0 Å². The normalized spacial score (nSPS) is 11.6. The Morgan fingerprint density at radius 1 is 0.0963 bits per heavy atom. The van der Waals surface area contributed by atoms with Gasteiger partial charge in [0.25, 0.3) is 0 Å². The van der Waals surface area contributed by atoms with E-state index in [2.05, 4.69) is 485 Å². The summed E-state index contributed by atoms with van der Waals surface area (Å²) in [4.78, 5) is 0. The van der Waals surface area contributed by atoms with Crippen LogP contribution in [0.5, 0.6) is 0 Å².